The van der Waals surface area contributed by atoms with E-state index in [4.69, 9.17) is 14.6 Å². The van der Waals surface area contributed by atoms with Gasteiger partial charge in [0.05, 0.1) is 19.3 Å². The highest BCUT2D eigenvalue weighted by Gasteiger charge is 2.15. The highest BCUT2D eigenvalue weighted by Crippen LogP contribution is 2.14. The lowest BCUT2D eigenvalue weighted by Crippen LogP contribution is -2.09. The van der Waals surface area contributed by atoms with Crippen LogP contribution < -0.4 is 0 Å². The van der Waals surface area contributed by atoms with Crippen LogP contribution in [0.25, 0.3) is 0 Å². The molecule has 1 aliphatic rings. The summed E-state index contributed by atoms with van der Waals surface area (Å²) in [6.45, 7) is 2.95. The van der Waals surface area contributed by atoms with Gasteiger partial charge in [0.15, 0.2) is 0 Å². The molecule has 3 heteroatoms. The van der Waals surface area contributed by atoms with Crippen molar-refractivity contribution in [2.45, 2.75) is 18.9 Å². The van der Waals surface area contributed by atoms with Crippen molar-refractivity contribution in [1.29, 1.82) is 0 Å². The Labute approximate surface area is 60.9 Å². The maximum atomic E-state index is 8.35. The van der Waals surface area contributed by atoms with Crippen molar-refractivity contribution in [1.82, 2.24) is 0 Å². The molecule has 1 radical (unpaired) electrons. The topological polar surface area (TPSA) is 38.7 Å². The van der Waals surface area contributed by atoms with E-state index in [1.807, 2.05) is 0 Å². The summed E-state index contributed by atoms with van der Waals surface area (Å²) in [5.74, 6) is 0. The number of aliphatic hydroxyl groups is 1. The van der Waals surface area contributed by atoms with Crippen molar-refractivity contribution in [2.75, 3.05) is 19.8 Å². The van der Waals surface area contributed by atoms with Crippen LogP contribution in [-0.4, -0.2) is 31.0 Å². The molecular formula is C7H13O3. The third-order valence-electron chi connectivity index (χ3n) is 1.42. The summed E-state index contributed by atoms with van der Waals surface area (Å²) in [4.78, 5) is 0. The summed E-state index contributed by atoms with van der Waals surface area (Å²) in [5.41, 5.74) is 0. The van der Waals surface area contributed by atoms with E-state index in [1.54, 1.807) is 6.61 Å². The Bertz CT molecular complexity index is 78.9. The van der Waals surface area contributed by atoms with Crippen LogP contribution >= 0.6 is 0 Å². The van der Waals surface area contributed by atoms with Gasteiger partial charge >= 0.3 is 0 Å². The molecule has 10 heavy (non-hydrogen) atoms. The minimum Gasteiger partial charge on any atom is -0.394 e. The van der Waals surface area contributed by atoms with E-state index in [9.17, 15) is 0 Å². The molecule has 3 nitrogen and oxygen atoms in total. The third-order valence-corrected chi connectivity index (χ3v) is 1.42. The van der Waals surface area contributed by atoms with Gasteiger partial charge in [-0.15, -0.1) is 0 Å². The van der Waals surface area contributed by atoms with Crippen LogP contribution in [0.5, 0.6) is 0 Å². The summed E-state index contributed by atoms with van der Waals surface area (Å²) in [6.07, 6.45) is 2.32. The highest BCUT2D eigenvalue weighted by molar-refractivity contribution is 4.72. The summed E-state index contributed by atoms with van der Waals surface area (Å²) in [6, 6.07) is 0. The molecule has 0 aromatic rings. The van der Waals surface area contributed by atoms with Crippen molar-refractivity contribution in [3.8, 4) is 0 Å². The molecule has 1 aliphatic heterocycles. The third kappa shape index (κ3) is 2.64. The minimum atomic E-state index is 0.0726. The highest BCUT2D eigenvalue weighted by atomic mass is 16.5. The predicted octanol–water partition coefficient (Wildman–Crippen LogP) is 0.336. The van der Waals surface area contributed by atoms with Crippen molar-refractivity contribution in [3.05, 3.63) is 6.61 Å². The molecular weight excluding hydrogens is 132 g/mol. The van der Waals surface area contributed by atoms with E-state index in [-0.39, 0.29) is 12.7 Å². The number of aliphatic hydroxyl groups excluding tert-OH is 1. The number of hydrogen-bond donors (Lipinski definition) is 1. The summed E-state index contributed by atoms with van der Waals surface area (Å²) >= 11 is 0. The van der Waals surface area contributed by atoms with Gasteiger partial charge in [-0.05, 0) is 12.8 Å². The second-order valence-electron chi connectivity index (χ2n) is 2.28. The molecule has 1 atom stereocenters. The average Bonchev–Trinajstić information content (AvgIpc) is 2.41. The molecule has 1 fully saturated rings. The molecule has 1 N–H and O–H groups in total. The Kier molecular flexibility index (Phi) is 3.72. The molecule has 0 spiro atoms. The van der Waals surface area contributed by atoms with E-state index in [0.29, 0.717) is 6.61 Å². The number of rotatable bonds is 4. The molecule has 0 saturated carbocycles. The quantitative estimate of drug-likeness (QED) is 0.579. The Balaban J connectivity index is 1.91. The standard InChI is InChI=1S/C7H13O3/c8-3-5-9-6-7-2-1-4-10-7/h6-8H,1-5H2. The average molecular weight is 145 g/mol. The van der Waals surface area contributed by atoms with Gasteiger partial charge in [-0.2, -0.15) is 0 Å². The first kappa shape index (κ1) is 7.98. The van der Waals surface area contributed by atoms with Gasteiger partial charge in [0.2, 0.25) is 0 Å². The van der Waals surface area contributed by atoms with Crippen LogP contribution in [-0.2, 0) is 9.47 Å². The van der Waals surface area contributed by atoms with E-state index in [1.165, 1.54) is 0 Å². The molecule has 0 aromatic heterocycles. The number of hydrogen-bond acceptors (Lipinski definition) is 3. The van der Waals surface area contributed by atoms with Crippen LogP contribution in [0, 0.1) is 6.61 Å². The Morgan fingerprint density at radius 3 is 3.20 bits per heavy atom. The Hall–Kier alpha value is -0.120. The molecule has 1 heterocycles. The predicted molar refractivity (Wildman–Crippen MR) is 36.3 cm³/mol. The van der Waals surface area contributed by atoms with Gasteiger partial charge in [-0.25, -0.2) is 0 Å². The molecule has 0 aromatic carbocycles. The monoisotopic (exact) mass is 145 g/mol. The lowest BCUT2D eigenvalue weighted by Gasteiger charge is -2.07. The fourth-order valence-electron chi connectivity index (χ4n) is 0.938. The second kappa shape index (κ2) is 4.66. The summed E-state index contributed by atoms with van der Waals surface area (Å²) < 4.78 is 10.2. The molecule has 0 bridgehead atoms. The van der Waals surface area contributed by atoms with Gasteiger partial charge < -0.3 is 14.6 Å². The van der Waals surface area contributed by atoms with Crippen LogP contribution in [0.15, 0.2) is 0 Å². The van der Waals surface area contributed by atoms with Gasteiger partial charge in [0, 0.05) is 6.61 Å². The lowest BCUT2D eigenvalue weighted by molar-refractivity contribution is 0.0502. The minimum absolute atomic E-state index is 0.0726. The first-order chi connectivity index (χ1) is 4.93. The van der Waals surface area contributed by atoms with Crippen LogP contribution in [0.3, 0.4) is 0 Å². The molecule has 1 rings (SSSR count). The van der Waals surface area contributed by atoms with E-state index >= 15 is 0 Å². The number of ether oxygens (including phenoxy) is 2. The van der Waals surface area contributed by atoms with E-state index < -0.39 is 0 Å². The first-order valence-corrected chi connectivity index (χ1v) is 3.61. The zero-order valence-corrected chi connectivity index (χ0v) is 5.95. The first-order valence-electron chi connectivity index (χ1n) is 3.61. The normalized spacial score (nSPS) is 25.5. The maximum Gasteiger partial charge on any atom is 0.112 e. The zero-order valence-electron chi connectivity index (χ0n) is 5.95. The van der Waals surface area contributed by atoms with Gasteiger partial charge in [-0.1, -0.05) is 0 Å². The van der Waals surface area contributed by atoms with Crippen LogP contribution in [0.4, 0.5) is 0 Å². The largest absolute Gasteiger partial charge is 0.394 e. The van der Waals surface area contributed by atoms with Crippen LogP contribution in [0.1, 0.15) is 12.8 Å². The SMILES string of the molecule is OCCO[CH]C1CCCO1. The van der Waals surface area contributed by atoms with Gasteiger partial charge in [0.25, 0.3) is 0 Å². The van der Waals surface area contributed by atoms with Gasteiger partial charge in [0.1, 0.15) is 6.61 Å². The van der Waals surface area contributed by atoms with E-state index in [2.05, 4.69) is 0 Å². The smallest absolute Gasteiger partial charge is 0.112 e. The Morgan fingerprint density at radius 1 is 1.70 bits per heavy atom. The molecule has 0 amide bonds. The second-order valence-corrected chi connectivity index (χ2v) is 2.28. The summed E-state index contributed by atoms with van der Waals surface area (Å²) in [7, 11) is 0. The Morgan fingerprint density at radius 2 is 2.60 bits per heavy atom. The van der Waals surface area contributed by atoms with Crippen molar-refractivity contribution in [2.24, 2.45) is 0 Å². The summed E-state index contributed by atoms with van der Waals surface area (Å²) in [5, 5.41) is 8.35. The lowest BCUT2D eigenvalue weighted by atomic mass is 10.2. The van der Waals surface area contributed by atoms with Crippen LogP contribution in [0.2, 0.25) is 0 Å². The zero-order chi connectivity index (χ0) is 7.23. The van der Waals surface area contributed by atoms with Crippen molar-refractivity contribution >= 4 is 0 Å². The van der Waals surface area contributed by atoms with Crippen molar-refractivity contribution in [3.63, 3.8) is 0 Å². The molecule has 1 saturated heterocycles. The molecule has 1 unspecified atom stereocenters. The fraction of sp³-hybridized carbons (Fsp3) is 0.857. The molecule has 0 aliphatic carbocycles. The fourth-order valence-corrected chi connectivity index (χ4v) is 0.938. The van der Waals surface area contributed by atoms with E-state index in [0.717, 1.165) is 19.4 Å². The molecule has 59 valence electrons. The van der Waals surface area contributed by atoms with Crippen molar-refractivity contribution < 1.29 is 14.6 Å². The maximum absolute atomic E-state index is 8.35. The van der Waals surface area contributed by atoms with Gasteiger partial charge in [-0.3, -0.25) is 0 Å².